The Labute approximate surface area is 126 Å². The number of pyridine rings is 1. The Morgan fingerprint density at radius 2 is 2.24 bits per heavy atom. The molecule has 6 nitrogen and oxygen atoms in total. The van der Waals surface area contributed by atoms with Gasteiger partial charge >= 0.3 is 0 Å². The van der Waals surface area contributed by atoms with Gasteiger partial charge in [0.05, 0.1) is 12.1 Å². The molecule has 2 unspecified atom stereocenters. The van der Waals surface area contributed by atoms with Crippen LogP contribution in [0.2, 0.25) is 0 Å². The minimum absolute atomic E-state index is 0.0563. The highest BCUT2D eigenvalue weighted by Crippen LogP contribution is 2.16. The van der Waals surface area contributed by atoms with Gasteiger partial charge in [-0.15, -0.1) is 0 Å². The molecule has 1 aromatic heterocycles. The Bertz CT molecular complexity index is 545. The van der Waals surface area contributed by atoms with Crippen LogP contribution in [-0.4, -0.2) is 38.7 Å². The molecular formula is C14H23N3O3S. The van der Waals surface area contributed by atoms with Crippen LogP contribution in [-0.2, 0) is 21.3 Å². The number of hydrogen-bond acceptors (Lipinski definition) is 5. The van der Waals surface area contributed by atoms with E-state index >= 15 is 0 Å². The molecule has 1 aromatic rings. The van der Waals surface area contributed by atoms with Crippen LogP contribution in [0, 0.1) is 0 Å². The summed E-state index contributed by atoms with van der Waals surface area (Å²) < 4.78 is 32.5. The summed E-state index contributed by atoms with van der Waals surface area (Å²) in [6.07, 6.45) is 3.26. The molecule has 7 heteroatoms. The average Bonchev–Trinajstić information content (AvgIpc) is 2.84. The zero-order valence-corrected chi connectivity index (χ0v) is 13.3. The van der Waals surface area contributed by atoms with Crippen LogP contribution < -0.4 is 10.0 Å². The Morgan fingerprint density at radius 3 is 2.81 bits per heavy atom. The second-order valence-corrected chi connectivity index (χ2v) is 6.93. The fourth-order valence-electron chi connectivity index (χ4n) is 2.23. The topological polar surface area (TPSA) is 80.3 Å². The van der Waals surface area contributed by atoms with Gasteiger partial charge in [-0.05, 0) is 37.9 Å². The minimum atomic E-state index is -3.58. The Hall–Kier alpha value is -1.02. The van der Waals surface area contributed by atoms with Gasteiger partial charge in [-0.3, -0.25) is 0 Å². The number of nitrogens with zero attached hydrogens (tertiary/aromatic N) is 1. The van der Waals surface area contributed by atoms with Crippen molar-refractivity contribution >= 4 is 10.0 Å². The summed E-state index contributed by atoms with van der Waals surface area (Å²) in [6.45, 7) is 6.18. The first-order chi connectivity index (χ1) is 10.0. The largest absolute Gasteiger partial charge is 0.377 e. The molecule has 0 aliphatic carbocycles. The highest BCUT2D eigenvalue weighted by molar-refractivity contribution is 7.89. The molecule has 1 fully saturated rings. The summed E-state index contributed by atoms with van der Waals surface area (Å²) in [7, 11) is -3.58. The number of hydrogen-bond donors (Lipinski definition) is 2. The van der Waals surface area contributed by atoms with Crippen LogP contribution in [0.1, 0.15) is 32.3 Å². The van der Waals surface area contributed by atoms with E-state index in [0.717, 1.165) is 18.5 Å². The molecule has 0 saturated carbocycles. The van der Waals surface area contributed by atoms with Crippen molar-refractivity contribution in [1.29, 1.82) is 0 Å². The molecule has 2 N–H and O–H groups in total. The number of aromatic nitrogens is 1. The van der Waals surface area contributed by atoms with Gasteiger partial charge in [-0.25, -0.2) is 18.1 Å². The molecule has 1 saturated heterocycles. The summed E-state index contributed by atoms with van der Waals surface area (Å²) >= 11 is 0. The molecule has 21 heavy (non-hydrogen) atoms. The molecule has 118 valence electrons. The molecule has 0 bridgehead atoms. The van der Waals surface area contributed by atoms with E-state index in [4.69, 9.17) is 4.74 Å². The molecule has 1 aliphatic rings. The molecule has 1 aliphatic heterocycles. The third-order valence-corrected chi connectivity index (χ3v) is 4.92. The van der Waals surface area contributed by atoms with Gasteiger partial charge < -0.3 is 10.1 Å². The number of sulfonamides is 1. The van der Waals surface area contributed by atoms with Crippen LogP contribution in [0.4, 0.5) is 0 Å². The third-order valence-electron chi connectivity index (χ3n) is 3.51. The first-order valence-electron chi connectivity index (χ1n) is 7.32. The smallest absolute Gasteiger partial charge is 0.258 e. The Balaban J connectivity index is 1.99. The molecule has 0 spiro atoms. The monoisotopic (exact) mass is 313 g/mol. The molecule has 0 aromatic carbocycles. The average molecular weight is 313 g/mol. The maximum atomic E-state index is 12.3. The first kappa shape index (κ1) is 16.4. The fourth-order valence-corrected chi connectivity index (χ4v) is 3.50. The Kier molecular flexibility index (Phi) is 5.69. The quantitative estimate of drug-likeness (QED) is 0.735. The third kappa shape index (κ3) is 4.47. The Morgan fingerprint density at radius 1 is 1.43 bits per heavy atom. The summed E-state index contributed by atoms with van der Waals surface area (Å²) in [4.78, 5) is 4.06. The fraction of sp³-hybridized carbons (Fsp3) is 0.643. The van der Waals surface area contributed by atoms with Gasteiger partial charge in [-0.1, -0.05) is 13.0 Å². The van der Waals surface area contributed by atoms with E-state index in [1.807, 2.05) is 6.92 Å². The second kappa shape index (κ2) is 7.31. The maximum Gasteiger partial charge on any atom is 0.258 e. The van der Waals surface area contributed by atoms with E-state index in [9.17, 15) is 8.42 Å². The van der Waals surface area contributed by atoms with Crippen LogP contribution >= 0.6 is 0 Å². The van der Waals surface area contributed by atoms with Gasteiger partial charge in [0.2, 0.25) is 0 Å². The molecular weight excluding hydrogens is 290 g/mol. The number of nitrogens with one attached hydrogen (secondary N) is 2. The van der Waals surface area contributed by atoms with E-state index in [-0.39, 0.29) is 17.2 Å². The second-order valence-electron chi connectivity index (χ2n) is 5.27. The lowest BCUT2D eigenvalue weighted by Gasteiger charge is -2.15. The summed E-state index contributed by atoms with van der Waals surface area (Å²) in [5.41, 5.74) is 0.972. The van der Waals surface area contributed by atoms with Crippen molar-refractivity contribution in [2.45, 2.75) is 50.4 Å². The predicted molar refractivity (Wildman–Crippen MR) is 80.4 cm³/mol. The van der Waals surface area contributed by atoms with Crippen LogP contribution in [0.5, 0.6) is 0 Å². The lowest BCUT2D eigenvalue weighted by atomic mass is 10.2. The van der Waals surface area contributed by atoms with Gasteiger partial charge in [0.25, 0.3) is 10.0 Å². The van der Waals surface area contributed by atoms with E-state index in [1.165, 1.54) is 0 Å². The van der Waals surface area contributed by atoms with Crippen molar-refractivity contribution in [1.82, 2.24) is 15.0 Å². The summed E-state index contributed by atoms with van der Waals surface area (Å²) in [5.74, 6) is 0. The normalized spacial score (nSPS) is 22.6. The maximum absolute atomic E-state index is 12.3. The van der Waals surface area contributed by atoms with Crippen molar-refractivity contribution in [2.24, 2.45) is 0 Å². The van der Waals surface area contributed by atoms with E-state index in [1.54, 1.807) is 18.3 Å². The molecule has 0 radical (unpaired) electrons. The van der Waals surface area contributed by atoms with Gasteiger partial charge in [0, 0.05) is 19.3 Å². The molecule has 0 amide bonds. The van der Waals surface area contributed by atoms with Gasteiger partial charge in [0.1, 0.15) is 0 Å². The van der Waals surface area contributed by atoms with Crippen molar-refractivity contribution in [3.8, 4) is 0 Å². The van der Waals surface area contributed by atoms with Crippen LogP contribution in [0.25, 0.3) is 0 Å². The van der Waals surface area contributed by atoms with E-state index in [2.05, 4.69) is 21.9 Å². The lowest BCUT2D eigenvalue weighted by molar-refractivity contribution is 0.117. The highest BCUT2D eigenvalue weighted by atomic mass is 32.2. The van der Waals surface area contributed by atoms with E-state index in [0.29, 0.717) is 19.6 Å². The minimum Gasteiger partial charge on any atom is -0.377 e. The van der Waals surface area contributed by atoms with Crippen molar-refractivity contribution in [3.63, 3.8) is 0 Å². The van der Waals surface area contributed by atoms with Crippen LogP contribution in [0.15, 0.2) is 23.4 Å². The standard InChI is InChI=1S/C14H23N3O3S/c1-3-7-15-9-12-4-5-14(16-10-12)21(18,19)17-13-6-8-20-11(13)2/h4-5,10-11,13,15,17H,3,6-9H2,1-2H3. The van der Waals surface area contributed by atoms with Gasteiger partial charge in [0.15, 0.2) is 5.03 Å². The first-order valence-corrected chi connectivity index (χ1v) is 8.81. The van der Waals surface area contributed by atoms with Crippen LogP contribution in [0.3, 0.4) is 0 Å². The highest BCUT2D eigenvalue weighted by Gasteiger charge is 2.29. The zero-order valence-electron chi connectivity index (χ0n) is 12.5. The predicted octanol–water partition coefficient (Wildman–Crippen LogP) is 1.04. The number of ether oxygens (including phenoxy) is 1. The molecule has 2 atom stereocenters. The molecule has 2 rings (SSSR count). The van der Waals surface area contributed by atoms with Crippen molar-refractivity contribution < 1.29 is 13.2 Å². The summed E-state index contributed by atoms with van der Waals surface area (Å²) in [6, 6.07) is 3.16. The van der Waals surface area contributed by atoms with E-state index < -0.39 is 10.0 Å². The van der Waals surface area contributed by atoms with Crippen molar-refractivity contribution in [2.75, 3.05) is 13.2 Å². The van der Waals surface area contributed by atoms with Gasteiger partial charge in [-0.2, -0.15) is 0 Å². The van der Waals surface area contributed by atoms with Crippen molar-refractivity contribution in [3.05, 3.63) is 23.9 Å². The summed E-state index contributed by atoms with van der Waals surface area (Å²) in [5, 5.41) is 3.31. The zero-order chi connectivity index (χ0) is 15.3. The molecule has 2 heterocycles. The number of rotatable bonds is 7. The SMILES string of the molecule is CCCNCc1ccc(S(=O)(=O)NC2CCOC2C)nc1. The lowest BCUT2D eigenvalue weighted by Crippen LogP contribution is -2.39.